The Balaban J connectivity index is 1.96. The van der Waals surface area contributed by atoms with Crippen LogP contribution in [-0.4, -0.2) is 67.3 Å². The molecule has 0 aromatic carbocycles. The molecule has 22 heavy (non-hydrogen) atoms. The van der Waals surface area contributed by atoms with Gasteiger partial charge in [-0.05, 0) is 18.1 Å². The van der Waals surface area contributed by atoms with Crippen LogP contribution < -0.4 is 10.6 Å². The third-order valence-electron chi connectivity index (χ3n) is 3.61. The van der Waals surface area contributed by atoms with E-state index in [1.165, 1.54) is 10.6 Å². The first kappa shape index (κ1) is 16.7. The second-order valence-corrected chi connectivity index (χ2v) is 7.31. The zero-order chi connectivity index (χ0) is 16.3. The monoisotopic (exact) mass is 328 g/mol. The van der Waals surface area contributed by atoms with Crippen molar-refractivity contribution >= 4 is 21.8 Å². The zero-order valence-corrected chi connectivity index (χ0v) is 13.2. The fraction of sp³-hybridized carbons (Fsp3) is 0.538. The molecule has 0 bridgehead atoms. The highest BCUT2D eigenvalue weighted by Crippen LogP contribution is 2.15. The largest absolute Gasteiger partial charge is 0.480 e. The molecule has 122 valence electrons. The molecule has 1 aliphatic rings. The van der Waals surface area contributed by atoms with Crippen molar-refractivity contribution < 1.29 is 18.3 Å². The Morgan fingerprint density at radius 1 is 1.36 bits per heavy atom. The highest BCUT2D eigenvalue weighted by Gasteiger charge is 2.24. The molecule has 1 fully saturated rings. The molecule has 1 saturated heterocycles. The molecule has 2 rings (SSSR count). The van der Waals surface area contributed by atoms with Crippen LogP contribution in [0.25, 0.3) is 0 Å². The Hall–Kier alpha value is -1.71. The van der Waals surface area contributed by atoms with Crippen molar-refractivity contribution in [3.8, 4) is 0 Å². The minimum Gasteiger partial charge on any atom is -0.480 e. The summed E-state index contributed by atoms with van der Waals surface area (Å²) in [7, 11) is -3.14. The highest BCUT2D eigenvalue weighted by atomic mass is 32.2. The van der Waals surface area contributed by atoms with Gasteiger partial charge in [-0.3, -0.25) is 4.79 Å². The summed E-state index contributed by atoms with van der Waals surface area (Å²) in [5.41, 5.74) is 6.24. The SMILES string of the molecule is CS(=O)(=O)N1CCN(c2ccc(C[C@H](N)C(=O)O)cn2)CC1. The lowest BCUT2D eigenvalue weighted by Crippen LogP contribution is -2.48. The fourth-order valence-electron chi connectivity index (χ4n) is 2.31. The maximum Gasteiger partial charge on any atom is 0.320 e. The van der Waals surface area contributed by atoms with Crippen LogP contribution in [0.1, 0.15) is 5.56 Å². The summed E-state index contributed by atoms with van der Waals surface area (Å²) in [6.07, 6.45) is 3.05. The number of nitrogens with two attached hydrogens (primary N) is 1. The van der Waals surface area contributed by atoms with E-state index >= 15 is 0 Å². The van der Waals surface area contributed by atoms with Crippen molar-refractivity contribution in [3.63, 3.8) is 0 Å². The smallest absolute Gasteiger partial charge is 0.320 e. The maximum absolute atomic E-state index is 11.5. The van der Waals surface area contributed by atoms with Crippen molar-refractivity contribution in [2.75, 3.05) is 37.3 Å². The molecule has 0 amide bonds. The summed E-state index contributed by atoms with van der Waals surface area (Å²) in [4.78, 5) is 17.0. The van der Waals surface area contributed by atoms with Crippen molar-refractivity contribution in [1.82, 2.24) is 9.29 Å². The van der Waals surface area contributed by atoms with E-state index in [1.54, 1.807) is 18.3 Å². The van der Waals surface area contributed by atoms with E-state index in [4.69, 9.17) is 10.8 Å². The minimum absolute atomic E-state index is 0.227. The van der Waals surface area contributed by atoms with Crippen LogP contribution in [0.4, 0.5) is 5.82 Å². The lowest BCUT2D eigenvalue weighted by molar-refractivity contribution is -0.138. The number of carbonyl (C=O) groups is 1. The zero-order valence-electron chi connectivity index (χ0n) is 12.3. The first-order valence-electron chi connectivity index (χ1n) is 6.91. The molecule has 8 nitrogen and oxygen atoms in total. The van der Waals surface area contributed by atoms with Gasteiger partial charge in [0.1, 0.15) is 11.9 Å². The number of piperazine rings is 1. The van der Waals surface area contributed by atoms with Gasteiger partial charge in [0, 0.05) is 32.4 Å². The minimum atomic E-state index is -3.14. The third-order valence-corrected chi connectivity index (χ3v) is 4.92. The molecular weight excluding hydrogens is 308 g/mol. The maximum atomic E-state index is 11.5. The number of sulfonamides is 1. The van der Waals surface area contributed by atoms with E-state index in [2.05, 4.69) is 4.98 Å². The standard InChI is InChI=1S/C13H20N4O4S/c1-22(20,21)17-6-4-16(5-7-17)12-3-2-10(9-15-12)8-11(14)13(18)19/h2-3,9,11H,4-8,14H2,1H3,(H,18,19)/t11-/m0/s1. The summed E-state index contributed by atoms with van der Waals surface area (Å²) in [6, 6.07) is 2.67. The van der Waals surface area contributed by atoms with Gasteiger partial charge in [-0.2, -0.15) is 4.31 Å². The number of hydrogen-bond acceptors (Lipinski definition) is 6. The van der Waals surface area contributed by atoms with Gasteiger partial charge < -0.3 is 15.7 Å². The quantitative estimate of drug-likeness (QED) is 0.720. The van der Waals surface area contributed by atoms with Crippen LogP contribution in [0.5, 0.6) is 0 Å². The van der Waals surface area contributed by atoms with Gasteiger partial charge in [-0.15, -0.1) is 0 Å². The predicted molar refractivity (Wildman–Crippen MR) is 82.2 cm³/mol. The molecule has 0 saturated carbocycles. The van der Waals surface area contributed by atoms with Crippen LogP contribution in [0, 0.1) is 0 Å². The fourth-order valence-corrected chi connectivity index (χ4v) is 3.14. The Labute approximate surface area is 129 Å². The molecular formula is C13H20N4O4S. The molecule has 1 aromatic rings. The van der Waals surface area contributed by atoms with Gasteiger partial charge >= 0.3 is 5.97 Å². The Kier molecular flexibility index (Phi) is 4.99. The van der Waals surface area contributed by atoms with E-state index in [0.29, 0.717) is 26.2 Å². The van der Waals surface area contributed by atoms with Crippen molar-refractivity contribution in [3.05, 3.63) is 23.9 Å². The lowest BCUT2D eigenvalue weighted by atomic mass is 10.1. The van der Waals surface area contributed by atoms with Crippen LogP contribution in [0.15, 0.2) is 18.3 Å². The number of carboxylic acids is 1. The van der Waals surface area contributed by atoms with E-state index in [1.807, 2.05) is 4.90 Å². The first-order valence-corrected chi connectivity index (χ1v) is 8.75. The van der Waals surface area contributed by atoms with Crippen LogP contribution in [-0.2, 0) is 21.2 Å². The van der Waals surface area contributed by atoms with Gasteiger partial charge in [-0.25, -0.2) is 13.4 Å². The van der Waals surface area contributed by atoms with Crippen LogP contribution in [0.3, 0.4) is 0 Å². The van der Waals surface area contributed by atoms with Gasteiger partial charge in [0.25, 0.3) is 0 Å². The molecule has 3 N–H and O–H groups in total. The number of pyridine rings is 1. The normalized spacial score (nSPS) is 18.2. The topological polar surface area (TPSA) is 117 Å². The van der Waals surface area contributed by atoms with E-state index in [-0.39, 0.29) is 6.42 Å². The summed E-state index contributed by atoms with van der Waals surface area (Å²) in [5.74, 6) is -0.290. The van der Waals surface area contributed by atoms with E-state index < -0.39 is 22.0 Å². The molecule has 1 aromatic heterocycles. The molecule has 2 heterocycles. The number of carboxylic acid groups (broad SMARTS) is 1. The lowest BCUT2D eigenvalue weighted by Gasteiger charge is -2.34. The Morgan fingerprint density at radius 3 is 2.45 bits per heavy atom. The van der Waals surface area contributed by atoms with E-state index in [0.717, 1.165) is 11.4 Å². The van der Waals surface area contributed by atoms with Crippen molar-refractivity contribution in [1.29, 1.82) is 0 Å². The predicted octanol–water partition coefficient (Wildman–Crippen LogP) is -0.882. The van der Waals surface area contributed by atoms with Gasteiger partial charge in [0.15, 0.2) is 0 Å². The first-order chi connectivity index (χ1) is 10.3. The summed E-state index contributed by atoms with van der Waals surface area (Å²) in [5, 5.41) is 8.78. The number of anilines is 1. The number of aromatic nitrogens is 1. The van der Waals surface area contributed by atoms with Crippen LogP contribution >= 0.6 is 0 Å². The summed E-state index contributed by atoms with van der Waals surface area (Å²) in [6.45, 7) is 2.03. The summed E-state index contributed by atoms with van der Waals surface area (Å²) >= 11 is 0. The molecule has 0 radical (unpaired) electrons. The number of aliphatic carboxylic acids is 1. The van der Waals surface area contributed by atoms with Gasteiger partial charge in [0.05, 0.1) is 6.26 Å². The molecule has 9 heteroatoms. The highest BCUT2D eigenvalue weighted by molar-refractivity contribution is 7.88. The molecule has 0 unspecified atom stereocenters. The van der Waals surface area contributed by atoms with Crippen molar-refractivity contribution in [2.45, 2.75) is 12.5 Å². The molecule has 1 atom stereocenters. The second-order valence-electron chi connectivity index (χ2n) is 5.32. The van der Waals surface area contributed by atoms with Gasteiger partial charge in [-0.1, -0.05) is 6.07 Å². The molecule has 0 aliphatic carbocycles. The average molecular weight is 328 g/mol. The number of rotatable bonds is 5. The molecule has 0 spiro atoms. The second kappa shape index (κ2) is 6.59. The summed E-state index contributed by atoms with van der Waals surface area (Å²) < 4.78 is 24.4. The third kappa shape index (κ3) is 4.15. The van der Waals surface area contributed by atoms with Crippen LogP contribution in [0.2, 0.25) is 0 Å². The molecule has 1 aliphatic heterocycles. The van der Waals surface area contributed by atoms with E-state index in [9.17, 15) is 13.2 Å². The Bertz CT molecular complexity index is 624. The number of nitrogens with zero attached hydrogens (tertiary/aromatic N) is 3. The Morgan fingerprint density at radius 2 is 2.00 bits per heavy atom. The van der Waals surface area contributed by atoms with Crippen molar-refractivity contribution in [2.24, 2.45) is 5.73 Å². The van der Waals surface area contributed by atoms with Gasteiger partial charge in [0.2, 0.25) is 10.0 Å². The average Bonchev–Trinajstić information content (AvgIpc) is 2.47. The number of hydrogen-bond donors (Lipinski definition) is 2.